The molecule has 0 unspecified atom stereocenters. The molecule has 15 heteroatoms. The van der Waals surface area contributed by atoms with Crippen molar-refractivity contribution in [2.24, 2.45) is 5.92 Å². The molecule has 0 aromatic heterocycles. The summed E-state index contributed by atoms with van der Waals surface area (Å²) in [4.78, 5) is 75.8. The van der Waals surface area contributed by atoms with Crippen molar-refractivity contribution in [3.63, 3.8) is 0 Å². The Hall–Kier alpha value is -4.41. The van der Waals surface area contributed by atoms with Crippen molar-refractivity contribution in [1.29, 1.82) is 0 Å². The van der Waals surface area contributed by atoms with Crippen LogP contribution in [0.5, 0.6) is 0 Å². The Morgan fingerprint density at radius 2 is 0.754 bits per heavy atom. The molecule has 2 aromatic carbocycles. The van der Waals surface area contributed by atoms with E-state index in [-0.39, 0.29) is 71.6 Å². The molecular weight excluding hydrogens is 883 g/mol. The topological polar surface area (TPSA) is 160 Å². The van der Waals surface area contributed by atoms with Gasteiger partial charge in [-0.25, -0.2) is 0 Å². The lowest BCUT2D eigenvalue weighted by Gasteiger charge is -2.39. The largest absolute Gasteiger partial charge is 0.459 e. The Morgan fingerprint density at radius 1 is 0.449 bits per heavy atom. The summed E-state index contributed by atoms with van der Waals surface area (Å²) in [5, 5.41) is 0. The second kappa shape index (κ2) is 27.3. The molecule has 4 atom stereocenters. The van der Waals surface area contributed by atoms with E-state index in [1.807, 2.05) is 79.4 Å². The van der Waals surface area contributed by atoms with E-state index in [4.69, 9.17) is 33.2 Å². The predicted octanol–water partition coefficient (Wildman–Crippen LogP) is 8.19. The minimum Gasteiger partial charge on any atom is -0.459 e. The lowest BCUT2D eigenvalue weighted by atomic mass is 9.97. The van der Waals surface area contributed by atoms with Crippen LogP contribution in [0.1, 0.15) is 135 Å². The number of rotatable bonds is 26. The Morgan fingerprint density at radius 3 is 1.06 bits per heavy atom. The van der Waals surface area contributed by atoms with Gasteiger partial charge in [-0.1, -0.05) is 80.9 Å². The first-order valence-corrected chi connectivity index (χ1v) is 24.3. The van der Waals surface area contributed by atoms with Crippen molar-refractivity contribution in [2.75, 3.05) is 52.5 Å². The van der Waals surface area contributed by atoms with Crippen LogP contribution in [0.15, 0.2) is 60.7 Å². The molecule has 0 bridgehead atoms. The van der Waals surface area contributed by atoms with Gasteiger partial charge in [0, 0.05) is 26.2 Å². The van der Waals surface area contributed by atoms with Crippen LogP contribution >= 0.6 is 0 Å². The molecule has 0 aliphatic carbocycles. The molecule has 0 saturated carbocycles. The van der Waals surface area contributed by atoms with Gasteiger partial charge < -0.3 is 33.2 Å². The molecule has 0 aliphatic rings. The first-order chi connectivity index (χ1) is 31.8. The summed E-state index contributed by atoms with van der Waals surface area (Å²) in [6.07, 6.45) is 0.589. The minimum absolute atomic E-state index is 0.0509. The van der Waals surface area contributed by atoms with Crippen LogP contribution < -0.4 is 0 Å². The summed E-state index contributed by atoms with van der Waals surface area (Å²) in [7, 11) is 0. The summed E-state index contributed by atoms with van der Waals surface area (Å²) < 4.78 is 42.0. The van der Waals surface area contributed by atoms with Gasteiger partial charge in [0.1, 0.15) is 46.1 Å². The van der Waals surface area contributed by atoms with Gasteiger partial charge >= 0.3 is 29.8 Å². The van der Waals surface area contributed by atoms with Crippen LogP contribution in [-0.4, -0.2) is 143 Å². The fourth-order valence-corrected chi connectivity index (χ4v) is 7.11. The SMILES string of the molecule is CC[C@H](C)[C@@H](C(=O)OC(C)(C)C)N(CCN(CC(=O)OC(C)(C)C)[C@H](COCc1ccccc1)C(=O)OC(C)(C)C)CCN(CC(=O)OC(C)(C)C)[C@H](COCc1ccccc1)C(=O)OC(C)(C)C. The van der Waals surface area contributed by atoms with Crippen molar-refractivity contribution in [2.45, 2.75) is 183 Å². The molecule has 15 nitrogen and oxygen atoms in total. The van der Waals surface area contributed by atoms with Gasteiger partial charge in [0.25, 0.3) is 0 Å². The molecule has 2 rings (SSSR count). The second-order valence-electron chi connectivity index (χ2n) is 22.6. The molecule has 0 heterocycles. The number of carbonyl (C=O) groups excluding carboxylic acids is 5. The third kappa shape index (κ3) is 25.9. The molecular formula is C54H87N3O12. The standard InChI is InChI=1S/C54H87N3O12/c1-18-39(2)46(49(62)69-54(15,16)17)55(29-31-56(33-44(58)65-50(3,4)5)42(47(60)67-52(9,10)11)37-63-35-40-25-21-19-22-26-40)30-32-57(34-45(59)66-51(6,7)8)43(48(61)68-53(12,13)14)38-64-36-41-27-23-20-24-28-41/h19-28,39,42-43,46H,18,29-38H2,1-17H3/t39-,42+,43+,46-/m0/s1. The lowest BCUT2D eigenvalue weighted by Crippen LogP contribution is -2.57. The van der Waals surface area contributed by atoms with E-state index in [1.54, 1.807) is 114 Å². The van der Waals surface area contributed by atoms with Gasteiger partial charge in [-0.2, -0.15) is 0 Å². The van der Waals surface area contributed by atoms with Crippen LogP contribution in [0.25, 0.3) is 0 Å². The normalized spacial score (nSPS) is 14.5. The Balaban J connectivity index is 2.79. The van der Waals surface area contributed by atoms with Gasteiger partial charge in [-0.15, -0.1) is 0 Å². The zero-order chi connectivity index (χ0) is 52.4. The molecule has 0 spiro atoms. The van der Waals surface area contributed by atoms with E-state index >= 15 is 0 Å². The zero-order valence-corrected chi connectivity index (χ0v) is 45.1. The van der Waals surface area contributed by atoms with E-state index < -0.39 is 76.0 Å². The zero-order valence-electron chi connectivity index (χ0n) is 45.1. The smallest absolute Gasteiger partial charge is 0.326 e. The van der Waals surface area contributed by atoms with E-state index in [1.165, 1.54) is 0 Å². The highest BCUT2D eigenvalue weighted by Crippen LogP contribution is 2.23. The predicted molar refractivity (Wildman–Crippen MR) is 267 cm³/mol. The molecule has 69 heavy (non-hydrogen) atoms. The molecule has 0 N–H and O–H groups in total. The fraction of sp³-hybridized carbons (Fsp3) is 0.685. The van der Waals surface area contributed by atoms with Crippen LogP contribution in [0, 0.1) is 5.92 Å². The molecule has 2 aromatic rings. The third-order valence-corrected chi connectivity index (χ3v) is 10.1. The van der Waals surface area contributed by atoms with Crippen molar-refractivity contribution in [3.8, 4) is 0 Å². The van der Waals surface area contributed by atoms with Crippen molar-refractivity contribution in [3.05, 3.63) is 71.8 Å². The lowest BCUT2D eigenvalue weighted by molar-refractivity contribution is -0.170. The fourth-order valence-electron chi connectivity index (χ4n) is 7.11. The highest BCUT2D eigenvalue weighted by atomic mass is 16.6. The highest BCUT2D eigenvalue weighted by Gasteiger charge is 2.39. The number of benzene rings is 2. The average Bonchev–Trinajstić information content (AvgIpc) is 3.18. The van der Waals surface area contributed by atoms with E-state index in [0.29, 0.717) is 6.42 Å². The Kier molecular flexibility index (Phi) is 24.0. The second-order valence-corrected chi connectivity index (χ2v) is 22.6. The summed E-state index contributed by atoms with van der Waals surface area (Å²) in [6.45, 7) is 30.4. The molecule has 390 valence electrons. The Bertz CT molecular complexity index is 1760. The molecule has 0 aliphatic heterocycles. The number of ether oxygens (including phenoxy) is 7. The number of carbonyl (C=O) groups is 5. The van der Waals surface area contributed by atoms with Crippen molar-refractivity contribution < 1.29 is 57.1 Å². The Labute approximate surface area is 414 Å². The average molecular weight is 970 g/mol. The van der Waals surface area contributed by atoms with Gasteiger partial charge in [0.2, 0.25) is 0 Å². The van der Waals surface area contributed by atoms with Crippen molar-refractivity contribution in [1.82, 2.24) is 14.7 Å². The van der Waals surface area contributed by atoms with Gasteiger partial charge in [0.15, 0.2) is 0 Å². The summed E-state index contributed by atoms with van der Waals surface area (Å²) >= 11 is 0. The molecule has 0 fully saturated rings. The summed E-state index contributed by atoms with van der Waals surface area (Å²) in [6, 6.07) is 16.1. The monoisotopic (exact) mass is 970 g/mol. The van der Waals surface area contributed by atoms with E-state index in [0.717, 1.165) is 11.1 Å². The minimum atomic E-state index is -1.08. The number of hydrogen-bond donors (Lipinski definition) is 0. The summed E-state index contributed by atoms with van der Waals surface area (Å²) in [5.74, 6) is -3.08. The molecule has 0 saturated heterocycles. The maximum absolute atomic E-state index is 14.5. The number of hydrogen-bond acceptors (Lipinski definition) is 15. The van der Waals surface area contributed by atoms with Crippen LogP contribution in [0.3, 0.4) is 0 Å². The van der Waals surface area contributed by atoms with Gasteiger partial charge in [0.05, 0.1) is 39.5 Å². The maximum Gasteiger partial charge on any atom is 0.326 e. The quantitative estimate of drug-likeness (QED) is 0.0656. The number of nitrogens with zero attached hydrogens (tertiary/aromatic N) is 3. The summed E-state index contributed by atoms with van der Waals surface area (Å²) in [5.41, 5.74) is -2.45. The molecule has 0 radical (unpaired) electrons. The van der Waals surface area contributed by atoms with E-state index in [2.05, 4.69) is 0 Å². The first-order valence-electron chi connectivity index (χ1n) is 24.3. The third-order valence-electron chi connectivity index (χ3n) is 10.1. The maximum atomic E-state index is 14.5. The van der Waals surface area contributed by atoms with E-state index in [9.17, 15) is 24.0 Å². The first kappa shape index (κ1) is 60.7. The number of esters is 5. The van der Waals surface area contributed by atoms with Gasteiger partial charge in [-0.3, -0.25) is 38.7 Å². The van der Waals surface area contributed by atoms with Gasteiger partial charge in [-0.05, 0) is 121 Å². The molecule has 0 amide bonds. The highest BCUT2D eigenvalue weighted by molar-refractivity contribution is 5.79. The van der Waals surface area contributed by atoms with Crippen LogP contribution in [0.4, 0.5) is 0 Å². The van der Waals surface area contributed by atoms with Crippen LogP contribution in [-0.2, 0) is 70.3 Å². The van der Waals surface area contributed by atoms with Crippen LogP contribution in [0.2, 0.25) is 0 Å². The van der Waals surface area contributed by atoms with Crippen molar-refractivity contribution >= 4 is 29.8 Å².